The van der Waals surface area contributed by atoms with E-state index in [-0.39, 0.29) is 18.3 Å². The topological polar surface area (TPSA) is 102 Å². The monoisotopic (exact) mass is 320 g/mol. The van der Waals surface area contributed by atoms with Crippen LogP contribution in [-0.4, -0.2) is 35.7 Å². The van der Waals surface area contributed by atoms with Crippen LogP contribution in [0, 0.1) is 5.92 Å². The van der Waals surface area contributed by atoms with Gasteiger partial charge in [-0.15, -0.1) is 0 Å². The van der Waals surface area contributed by atoms with Crippen LogP contribution in [0.3, 0.4) is 0 Å². The van der Waals surface area contributed by atoms with Gasteiger partial charge in [-0.3, -0.25) is 4.79 Å². The Bertz CT molecular complexity index is 540. The first-order chi connectivity index (χ1) is 10.8. The van der Waals surface area contributed by atoms with E-state index in [0.717, 1.165) is 5.56 Å². The Morgan fingerprint density at radius 2 is 1.96 bits per heavy atom. The van der Waals surface area contributed by atoms with Gasteiger partial charge in [0.2, 0.25) is 5.91 Å². The number of hydrogen-bond donors (Lipinski definition) is 3. The second kappa shape index (κ2) is 8.95. The number of benzene rings is 1. The molecule has 0 saturated heterocycles. The molecule has 0 bridgehead atoms. The first-order valence-electron chi connectivity index (χ1n) is 7.46. The maximum atomic E-state index is 12.2. The summed E-state index contributed by atoms with van der Waals surface area (Å²) < 4.78 is 4.99. The van der Waals surface area contributed by atoms with E-state index in [1.807, 2.05) is 13.8 Å². The Morgan fingerprint density at radius 3 is 2.48 bits per heavy atom. The van der Waals surface area contributed by atoms with E-state index in [1.165, 1.54) is 18.2 Å². The summed E-state index contributed by atoms with van der Waals surface area (Å²) in [6, 6.07) is 4.90. The fraction of sp³-hybridized carbons (Fsp3) is 0.412. The van der Waals surface area contributed by atoms with Gasteiger partial charge in [0.05, 0.1) is 6.04 Å². The Balaban J connectivity index is 2.64. The lowest BCUT2D eigenvalue weighted by Gasteiger charge is -2.22. The van der Waals surface area contributed by atoms with E-state index in [4.69, 9.17) is 10.5 Å². The predicted molar refractivity (Wildman–Crippen MR) is 87.7 cm³/mol. The van der Waals surface area contributed by atoms with Gasteiger partial charge in [0.1, 0.15) is 18.4 Å². The maximum absolute atomic E-state index is 12.2. The van der Waals surface area contributed by atoms with Crippen molar-refractivity contribution in [1.29, 1.82) is 0 Å². The summed E-state index contributed by atoms with van der Waals surface area (Å²) in [5.74, 6) is -0.911. The van der Waals surface area contributed by atoms with Gasteiger partial charge in [-0.2, -0.15) is 0 Å². The van der Waals surface area contributed by atoms with Crippen LogP contribution in [0.25, 0.3) is 0 Å². The molecule has 4 N–H and O–H groups in total. The number of carbonyl (C=O) groups excluding carboxylic acids is 2. The van der Waals surface area contributed by atoms with Crippen molar-refractivity contribution in [2.24, 2.45) is 11.7 Å². The smallest absolute Gasteiger partial charge is 0.329 e. The van der Waals surface area contributed by atoms with Crippen LogP contribution >= 0.6 is 0 Å². The fourth-order valence-corrected chi connectivity index (χ4v) is 1.97. The standard InChI is InChI=1S/C17H24N2O4/c1-4-9-23-17(22)15(11(2)3)19-16(21)14(18)10-12-5-7-13(20)8-6-12/h4-8,11,14-15,20H,1,9-10,18H2,2-3H3,(H,19,21)/t14-,15-/m0/s1. The number of esters is 1. The highest BCUT2D eigenvalue weighted by Gasteiger charge is 2.27. The fourth-order valence-electron chi connectivity index (χ4n) is 1.97. The van der Waals surface area contributed by atoms with Gasteiger partial charge in [0, 0.05) is 0 Å². The number of rotatable bonds is 8. The molecular formula is C17H24N2O4. The van der Waals surface area contributed by atoms with Crippen LogP contribution in [-0.2, 0) is 20.7 Å². The van der Waals surface area contributed by atoms with Crippen LogP contribution in [0.15, 0.2) is 36.9 Å². The molecule has 1 amide bonds. The van der Waals surface area contributed by atoms with E-state index in [9.17, 15) is 14.7 Å². The molecule has 23 heavy (non-hydrogen) atoms. The van der Waals surface area contributed by atoms with Crippen molar-refractivity contribution in [3.63, 3.8) is 0 Å². The highest BCUT2D eigenvalue weighted by Crippen LogP contribution is 2.11. The van der Waals surface area contributed by atoms with Crippen molar-refractivity contribution in [1.82, 2.24) is 5.32 Å². The number of phenols is 1. The largest absolute Gasteiger partial charge is 0.508 e. The van der Waals surface area contributed by atoms with Gasteiger partial charge in [-0.1, -0.05) is 38.6 Å². The number of nitrogens with one attached hydrogen (secondary N) is 1. The van der Waals surface area contributed by atoms with E-state index in [1.54, 1.807) is 12.1 Å². The maximum Gasteiger partial charge on any atom is 0.329 e. The molecule has 0 spiro atoms. The van der Waals surface area contributed by atoms with E-state index in [2.05, 4.69) is 11.9 Å². The zero-order valence-electron chi connectivity index (χ0n) is 13.5. The van der Waals surface area contributed by atoms with Gasteiger partial charge in [-0.25, -0.2) is 4.79 Å². The highest BCUT2D eigenvalue weighted by atomic mass is 16.5. The Labute approximate surface area is 136 Å². The summed E-state index contributed by atoms with van der Waals surface area (Å²) in [5, 5.41) is 11.9. The van der Waals surface area contributed by atoms with Crippen LogP contribution in [0.1, 0.15) is 19.4 Å². The minimum absolute atomic E-state index is 0.0947. The molecule has 1 rings (SSSR count). The van der Waals surface area contributed by atoms with Gasteiger partial charge in [-0.05, 0) is 30.0 Å². The summed E-state index contributed by atoms with van der Waals surface area (Å²) in [6.07, 6.45) is 1.77. The summed E-state index contributed by atoms with van der Waals surface area (Å²) in [4.78, 5) is 24.1. The molecule has 1 aromatic rings. The average Bonchev–Trinajstić information content (AvgIpc) is 2.51. The van der Waals surface area contributed by atoms with Crippen molar-refractivity contribution >= 4 is 11.9 Å². The number of carbonyl (C=O) groups is 2. The molecule has 6 nitrogen and oxygen atoms in total. The highest BCUT2D eigenvalue weighted by molar-refractivity contribution is 5.87. The molecule has 0 aromatic heterocycles. The van der Waals surface area contributed by atoms with Crippen molar-refractivity contribution in [2.75, 3.05) is 6.61 Å². The molecule has 0 radical (unpaired) electrons. The van der Waals surface area contributed by atoms with Gasteiger partial charge >= 0.3 is 5.97 Å². The Hall–Kier alpha value is -2.34. The van der Waals surface area contributed by atoms with Crippen molar-refractivity contribution < 1.29 is 19.4 Å². The number of nitrogens with two attached hydrogens (primary N) is 1. The van der Waals surface area contributed by atoms with Gasteiger partial charge in [0.25, 0.3) is 0 Å². The average molecular weight is 320 g/mol. The molecule has 0 aliphatic heterocycles. The molecule has 0 aliphatic carbocycles. The van der Waals surface area contributed by atoms with E-state index in [0.29, 0.717) is 6.42 Å². The molecule has 2 atom stereocenters. The third-order valence-electron chi connectivity index (χ3n) is 3.29. The zero-order chi connectivity index (χ0) is 17.4. The van der Waals surface area contributed by atoms with Gasteiger partial charge < -0.3 is 20.9 Å². The third-order valence-corrected chi connectivity index (χ3v) is 3.29. The number of amides is 1. The van der Waals surface area contributed by atoms with E-state index >= 15 is 0 Å². The zero-order valence-corrected chi connectivity index (χ0v) is 13.5. The lowest BCUT2D eigenvalue weighted by atomic mass is 10.0. The first-order valence-corrected chi connectivity index (χ1v) is 7.46. The second-order valence-corrected chi connectivity index (χ2v) is 5.63. The third kappa shape index (κ3) is 6.12. The SMILES string of the molecule is C=CCOC(=O)[C@@H](NC(=O)[C@@H](N)Cc1ccc(O)cc1)C(C)C. The Kier molecular flexibility index (Phi) is 7.28. The summed E-state index contributed by atoms with van der Waals surface area (Å²) in [6.45, 7) is 7.19. The van der Waals surface area contributed by atoms with Crippen molar-refractivity contribution in [3.05, 3.63) is 42.5 Å². The minimum atomic E-state index is -0.798. The molecule has 6 heteroatoms. The van der Waals surface area contributed by atoms with E-state index < -0.39 is 24.0 Å². The lowest BCUT2D eigenvalue weighted by Crippen LogP contribution is -2.51. The summed E-state index contributed by atoms with van der Waals surface area (Å²) in [5.41, 5.74) is 6.71. The van der Waals surface area contributed by atoms with Crippen LogP contribution in [0.5, 0.6) is 5.75 Å². The van der Waals surface area contributed by atoms with Crippen LogP contribution in [0.2, 0.25) is 0 Å². The number of hydrogen-bond acceptors (Lipinski definition) is 5. The molecule has 0 aliphatic rings. The van der Waals surface area contributed by atoms with Crippen molar-refractivity contribution in [3.8, 4) is 5.75 Å². The number of phenolic OH excluding ortho intramolecular Hbond substituents is 1. The first kappa shape index (κ1) is 18.7. The molecule has 0 fully saturated rings. The molecular weight excluding hydrogens is 296 g/mol. The minimum Gasteiger partial charge on any atom is -0.508 e. The van der Waals surface area contributed by atoms with Crippen LogP contribution in [0.4, 0.5) is 0 Å². The number of aromatic hydroxyl groups is 1. The second-order valence-electron chi connectivity index (χ2n) is 5.63. The molecule has 1 aromatic carbocycles. The van der Waals surface area contributed by atoms with Gasteiger partial charge in [0.15, 0.2) is 0 Å². The van der Waals surface area contributed by atoms with Crippen LogP contribution < -0.4 is 11.1 Å². The Morgan fingerprint density at radius 1 is 1.35 bits per heavy atom. The number of ether oxygens (including phenoxy) is 1. The quantitative estimate of drug-likeness (QED) is 0.492. The lowest BCUT2D eigenvalue weighted by molar-refractivity contribution is -0.148. The normalized spacial score (nSPS) is 13.2. The van der Waals surface area contributed by atoms with Crippen molar-refractivity contribution in [2.45, 2.75) is 32.4 Å². The molecule has 0 saturated carbocycles. The predicted octanol–water partition coefficient (Wildman–Crippen LogP) is 1.13. The summed E-state index contributed by atoms with van der Waals surface area (Å²) in [7, 11) is 0. The molecule has 126 valence electrons. The summed E-state index contributed by atoms with van der Waals surface area (Å²) >= 11 is 0. The molecule has 0 heterocycles. The molecule has 0 unspecified atom stereocenters.